The van der Waals surface area contributed by atoms with E-state index in [4.69, 9.17) is 0 Å². The van der Waals surface area contributed by atoms with E-state index in [-0.39, 0.29) is 6.04 Å². The molecule has 0 aliphatic heterocycles. The number of hydrogen-bond acceptors (Lipinski definition) is 5. The van der Waals surface area contributed by atoms with Gasteiger partial charge >= 0.3 is 0 Å². The predicted octanol–water partition coefficient (Wildman–Crippen LogP) is 4.95. The summed E-state index contributed by atoms with van der Waals surface area (Å²) in [6.07, 6.45) is 1.52. The van der Waals surface area contributed by atoms with Crippen molar-refractivity contribution in [2.45, 2.75) is 32.1 Å². The lowest BCUT2D eigenvalue weighted by molar-refractivity contribution is 0.593. The molecular weight excluding hydrogens is 410 g/mol. The van der Waals surface area contributed by atoms with Crippen LogP contribution in [0.4, 0.5) is 11.5 Å². The summed E-state index contributed by atoms with van der Waals surface area (Å²) in [4.78, 5) is 12.1. The zero-order valence-electron chi connectivity index (χ0n) is 17.6. The van der Waals surface area contributed by atoms with Gasteiger partial charge in [0, 0.05) is 23.0 Å². The third-order valence-electron chi connectivity index (χ3n) is 5.13. The molecule has 1 atom stereocenters. The highest BCUT2D eigenvalue weighted by Gasteiger charge is 2.16. The highest BCUT2D eigenvalue weighted by Crippen LogP contribution is 2.30. The van der Waals surface area contributed by atoms with Gasteiger partial charge in [0.05, 0.1) is 10.6 Å². The molecule has 4 aromatic rings. The number of fused-ring (bicyclic) bond motifs is 1. The summed E-state index contributed by atoms with van der Waals surface area (Å²) in [5.74, 6) is 0.737. The Morgan fingerprint density at radius 1 is 0.935 bits per heavy atom. The highest BCUT2D eigenvalue weighted by molar-refractivity contribution is 7.93. The molecule has 0 unspecified atom stereocenters. The Labute approximate surface area is 182 Å². The fourth-order valence-electron chi connectivity index (χ4n) is 3.27. The second-order valence-corrected chi connectivity index (χ2v) is 9.96. The minimum absolute atomic E-state index is 0.0754. The van der Waals surface area contributed by atoms with Gasteiger partial charge in [-0.15, -0.1) is 0 Å². The van der Waals surface area contributed by atoms with Gasteiger partial charge in [-0.05, 0) is 44.5 Å². The first-order valence-corrected chi connectivity index (χ1v) is 11.7. The molecule has 0 aliphatic carbocycles. The van der Waals surface area contributed by atoms with Gasteiger partial charge in [-0.2, -0.15) is 0 Å². The second-order valence-electron chi connectivity index (χ2n) is 7.72. The molecule has 0 amide bonds. The van der Waals surface area contributed by atoms with Crippen molar-refractivity contribution in [3.05, 3.63) is 72.6 Å². The SMILES string of the molecule is CC(C)S(=O)(=O)Nc1cccc(-c2cc3c(N[C@H](C)c4ccccc4)ncnc3[nH]2)c1. The fourth-order valence-corrected chi connectivity index (χ4v) is 3.96. The molecule has 0 bridgehead atoms. The quantitative estimate of drug-likeness (QED) is 0.381. The number of sulfonamides is 1. The number of aromatic amines is 1. The molecule has 2 aromatic heterocycles. The lowest BCUT2D eigenvalue weighted by Gasteiger charge is -2.15. The van der Waals surface area contributed by atoms with Gasteiger partial charge in [-0.1, -0.05) is 42.5 Å². The Bertz CT molecular complexity index is 1300. The van der Waals surface area contributed by atoms with Crippen molar-refractivity contribution in [3.8, 4) is 11.3 Å². The number of hydrogen-bond donors (Lipinski definition) is 3. The van der Waals surface area contributed by atoms with E-state index in [0.29, 0.717) is 11.3 Å². The van der Waals surface area contributed by atoms with Crippen LogP contribution in [0.25, 0.3) is 22.3 Å². The summed E-state index contributed by atoms with van der Waals surface area (Å²) >= 11 is 0. The summed E-state index contributed by atoms with van der Waals surface area (Å²) in [5.41, 5.74) is 4.07. The molecule has 2 heterocycles. The molecule has 0 radical (unpaired) electrons. The molecule has 4 rings (SSSR count). The summed E-state index contributed by atoms with van der Waals surface area (Å²) in [6.45, 7) is 5.38. The molecule has 31 heavy (non-hydrogen) atoms. The predicted molar refractivity (Wildman–Crippen MR) is 125 cm³/mol. The van der Waals surface area contributed by atoms with Crippen LogP contribution >= 0.6 is 0 Å². The summed E-state index contributed by atoms with van der Waals surface area (Å²) in [6, 6.07) is 19.5. The fraction of sp³-hybridized carbons (Fsp3) is 0.217. The van der Waals surface area contributed by atoms with Crippen LogP contribution in [0.1, 0.15) is 32.4 Å². The summed E-state index contributed by atoms with van der Waals surface area (Å²) in [7, 11) is -3.41. The maximum atomic E-state index is 12.2. The molecule has 0 aliphatic rings. The van der Waals surface area contributed by atoms with E-state index in [1.54, 1.807) is 26.0 Å². The Kier molecular flexibility index (Phi) is 5.65. The zero-order valence-corrected chi connectivity index (χ0v) is 18.4. The van der Waals surface area contributed by atoms with E-state index in [1.807, 2.05) is 36.4 Å². The number of nitrogens with zero attached hydrogens (tertiary/aromatic N) is 2. The molecule has 0 spiro atoms. The number of nitrogens with one attached hydrogen (secondary N) is 3. The van der Waals surface area contributed by atoms with Crippen molar-refractivity contribution in [1.82, 2.24) is 15.0 Å². The topological polar surface area (TPSA) is 99.8 Å². The smallest absolute Gasteiger partial charge is 0.235 e. The van der Waals surface area contributed by atoms with Crippen molar-refractivity contribution in [2.75, 3.05) is 10.0 Å². The first kappa shape index (κ1) is 20.9. The maximum Gasteiger partial charge on any atom is 0.235 e. The van der Waals surface area contributed by atoms with E-state index >= 15 is 0 Å². The zero-order chi connectivity index (χ0) is 22.0. The lowest BCUT2D eigenvalue weighted by Crippen LogP contribution is -2.22. The van der Waals surface area contributed by atoms with Gasteiger partial charge in [0.25, 0.3) is 0 Å². The Hall–Kier alpha value is -3.39. The Morgan fingerprint density at radius 2 is 1.71 bits per heavy atom. The van der Waals surface area contributed by atoms with Crippen LogP contribution in [0.5, 0.6) is 0 Å². The minimum Gasteiger partial charge on any atom is -0.363 e. The van der Waals surface area contributed by atoms with Crippen LogP contribution in [-0.2, 0) is 10.0 Å². The van der Waals surface area contributed by atoms with Crippen molar-refractivity contribution in [1.29, 1.82) is 0 Å². The first-order valence-electron chi connectivity index (χ1n) is 10.1. The molecule has 0 saturated carbocycles. The van der Waals surface area contributed by atoms with E-state index in [9.17, 15) is 8.42 Å². The molecule has 160 valence electrons. The minimum atomic E-state index is -3.41. The van der Waals surface area contributed by atoms with Crippen LogP contribution in [-0.4, -0.2) is 28.6 Å². The molecule has 7 nitrogen and oxygen atoms in total. The van der Waals surface area contributed by atoms with Crippen LogP contribution in [0.15, 0.2) is 67.0 Å². The third-order valence-corrected chi connectivity index (χ3v) is 6.89. The largest absolute Gasteiger partial charge is 0.363 e. The molecule has 0 saturated heterocycles. The second kappa shape index (κ2) is 8.39. The Balaban J connectivity index is 1.65. The van der Waals surface area contributed by atoms with Gasteiger partial charge < -0.3 is 10.3 Å². The highest BCUT2D eigenvalue weighted by atomic mass is 32.2. The summed E-state index contributed by atoms with van der Waals surface area (Å²) in [5, 5.41) is 3.81. The van der Waals surface area contributed by atoms with Crippen molar-refractivity contribution in [3.63, 3.8) is 0 Å². The number of aromatic nitrogens is 3. The first-order chi connectivity index (χ1) is 14.8. The van der Waals surface area contributed by atoms with Crippen molar-refractivity contribution >= 4 is 32.6 Å². The monoisotopic (exact) mass is 435 g/mol. The average molecular weight is 436 g/mol. The van der Waals surface area contributed by atoms with Gasteiger partial charge in [-0.3, -0.25) is 4.72 Å². The molecule has 8 heteroatoms. The van der Waals surface area contributed by atoms with Crippen LogP contribution in [0.3, 0.4) is 0 Å². The molecular formula is C23H25N5O2S. The molecule has 2 aromatic carbocycles. The van der Waals surface area contributed by atoms with E-state index in [1.165, 1.54) is 6.33 Å². The molecule has 0 fully saturated rings. The lowest BCUT2D eigenvalue weighted by atomic mass is 10.1. The van der Waals surface area contributed by atoms with Gasteiger partial charge in [-0.25, -0.2) is 18.4 Å². The van der Waals surface area contributed by atoms with Gasteiger partial charge in [0.1, 0.15) is 17.8 Å². The Morgan fingerprint density at radius 3 is 2.45 bits per heavy atom. The normalized spacial score (nSPS) is 12.8. The van der Waals surface area contributed by atoms with Crippen molar-refractivity contribution in [2.24, 2.45) is 0 Å². The average Bonchev–Trinajstić information content (AvgIpc) is 3.20. The number of H-pyrrole nitrogens is 1. The van der Waals surface area contributed by atoms with Crippen LogP contribution in [0.2, 0.25) is 0 Å². The van der Waals surface area contributed by atoms with E-state index in [2.05, 4.69) is 44.0 Å². The third kappa shape index (κ3) is 4.54. The van der Waals surface area contributed by atoms with Gasteiger partial charge in [0.15, 0.2) is 0 Å². The molecule has 3 N–H and O–H groups in total. The standard InChI is InChI=1S/C23H25N5O2S/c1-15(2)31(29,30)28-19-11-7-10-18(12-19)21-13-20-22(24-14-25-23(20)27-21)26-16(3)17-8-5-4-6-9-17/h4-16,28H,1-3H3,(H2,24,25,26,27)/t16-/m1/s1. The van der Waals surface area contributed by atoms with E-state index in [0.717, 1.165) is 28.0 Å². The number of benzene rings is 2. The number of rotatable bonds is 7. The van der Waals surface area contributed by atoms with Crippen LogP contribution in [0, 0.1) is 0 Å². The number of anilines is 2. The van der Waals surface area contributed by atoms with Gasteiger partial charge in [0.2, 0.25) is 10.0 Å². The van der Waals surface area contributed by atoms with Crippen molar-refractivity contribution < 1.29 is 8.42 Å². The van der Waals surface area contributed by atoms with Crippen LogP contribution < -0.4 is 10.0 Å². The van der Waals surface area contributed by atoms with E-state index < -0.39 is 15.3 Å². The maximum absolute atomic E-state index is 12.2. The summed E-state index contributed by atoms with van der Waals surface area (Å²) < 4.78 is 27.0.